The quantitative estimate of drug-likeness (QED) is 0.751. The average Bonchev–Trinajstić information content (AvgIpc) is 2.02. The number of hydrogen-bond donors (Lipinski definition) is 1. The average molecular weight is 195 g/mol. The van der Waals surface area contributed by atoms with Crippen LogP contribution >= 0.6 is 11.8 Å². The Hall–Kier alpha value is -0.470. The molecule has 0 aliphatic carbocycles. The fraction of sp³-hybridized carbons (Fsp3) is 0.455. The molecule has 0 aliphatic rings. The molecule has 0 bridgehead atoms. The van der Waals surface area contributed by atoms with E-state index in [4.69, 9.17) is 5.73 Å². The van der Waals surface area contributed by atoms with Gasteiger partial charge in [-0.25, -0.2) is 0 Å². The summed E-state index contributed by atoms with van der Waals surface area (Å²) < 4.78 is 0. The lowest BCUT2D eigenvalue weighted by atomic mass is 10.1. The fourth-order valence-electron chi connectivity index (χ4n) is 0.904. The van der Waals surface area contributed by atoms with Crippen molar-refractivity contribution in [3.8, 4) is 0 Å². The van der Waals surface area contributed by atoms with Gasteiger partial charge in [-0.1, -0.05) is 17.7 Å². The summed E-state index contributed by atoms with van der Waals surface area (Å²) in [5, 5.41) is 0. The highest BCUT2D eigenvalue weighted by Crippen LogP contribution is 2.21. The smallest absolute Gasteiger partial charge is 0.0192 e. The lowest BCUT2D eigenvalue weighted by molar-refractivity contribution is 0.591. The van der Waals surface area contributed by atoms with Crippen LogP contribution in [0.5, 0.6) is 0 Å². The normalized spacial score (nSPS) is 11.7. The van der Waals surface area contributed by atoms with Gasteiger partial charge in [-0.3, -0.25) is 0 Å². The van der Waals surface area contributed by atoms with Crippen molar-refractivity contribution in [2.45, 2.75) is 31.2 Å². The number of rotatable bonds is 3. The molecule has 1 nitrogen and oxygen atoms in total. The van der Waals surface area contributed by atoms with E-state index in [0.29, 0.717) is 0 Å². The second-order valence-electron chi connectivity index (χ2n) is 4.09. The van der Waals surface area contributed by atoms with Gasteiger partial charge in [0, 0.05) is 16.2 Å². The molecule has 0 aromatic heterocycles. The highest BCUT2D eigenvalue weighted by Gasteiger charge is 2.10. The lowest BCUT2D eigenvalue weighted by Crippen LogP contribution is -2.34. The number of thioether (sulfide) groups is 1. The highest BCUT2D eigenvalue weighted by molar-refractivity contribution is 7.99. The Balaban J connectivity index is 2.51. The topological polar surface area (TPSA) is 26.0 Å². The van der Waals surface area contributed by atoms with Gasteiger partial charge in [-0.15, -0.1) is 11.8 Å². The molecule has 0 saturated heterocycles. The minimum Gasteiger partial charge on any atom is -0.325 e. The number of hydrogen-bond acceptors (Lipinski definition) is 2. The Kier molecular flexibility index (Phi) is 3.40. The highest BCUT2D eigenvalue weighted by atomic mass is 32.2. The summed E-state index contributed by atoms with van der Waals surface area (Å²) >= 11 is 1.81. The first-order valence-electron chi connectivity index (χ1n) is 4.46. The van der Waals surface area contributed by atoms with Gasteiger partial charge in [-0.05, 0) is 32.9 Å². The molecule has 1 rings (SSSR count). The van der Waals surface area contributed by atoms with Crippen molar-refractivity contribution in [1.82, 2.24) is 0 Å². The zero-order chi connectivity index (χ0) is 9.90. The van der Waals surface area contributed by atoms with Crippen molar-refractivity contribution in [2.75, 3.05) is 5.75 Å². The molecule has 0 unspecified atom stereocenters. The van der Waals surface area contributed by atoms with Gasteiger partial charge in [0.15, 0.2) is 0 Å². The summed E-state index contributed by atoms with van der Waals surface area (Å²) in [4.78, 5) is 1.30. The first-order valence-corrected chi connectivity index (χ1v) is 5.44. The Labute approximate surface area is 84.7 Å². The third kappa shape index (κ3) is 4.34. The Morgan fingerprint density at radius 2 is 1.77 bits per heavy atom. The molecule has 0 spiro atoms. The van der Waals surface area contributed by atoms with E-state index in [0.717, 1.165) is 5.75 Å². The van der Waals surface area contributed by atoms with Crippen LogP contribution in [0.3, 0.4) is 0 Å². The van der Waals surface area contributed by atoms with Gasteiger partial charge >= 0.3 is 0 Å². The van der Waals surface area contributed by atoms with Crippen LogP contribution in [0.1, 0.15) is 19.4 Å². The minimum absolute atomic E-state index is 0.0877. The predicted octanol–water partition coefficient (Wildman–Crippen LogP) is 2.82. The van der Waals surface area contributed by atoms with Crippen molar-refractivity contribution >= 4 is 11.8 Å². The van der Waals surface area contributed by atoms with Crippen LogP contribution in [-0.2, 0) is 0 Å². The van der Waals surface area contributed by atoms with Crippen LogP contribution in [0.25, 0.3) is 0 Å². The van der Waals surface area contributed by atoms with E-state index in [9.17, 15) is 0 Å². The Morgan fingerprint density at radius 1 is 1.23 bits per heavy atom. The molecule has 1 aromatic rings. The van der Waals surface area contributed by atoms with Crippen LogP contribution in [0.2, 0.25) is 0 Å². The molecular formula is C11H17NS. The van der Waals surface area contributed by atoms with Gasteiger partial charge in [0.25, 0.3) is 0 Å². The van der Waals surface area contributed by atoms with Crippen molar-refractivity contribution in [2.24, 2.45) is 5.73 Å². The van der Waals surface area contributed by atoms with Gasteiger partial charge in [0.1, 0.15) is 0 Å². The van der Waals surface area contributed by atoms with Crippen LogP contribution in [0.4, 0.5) is 0 Å². The van der Waals surface area contributed by atoms with Crippen LogP contribution < -0.4 is 5.73 Å². The molecule has 13 heavy (non-hydrogen) atoms. The third-order valence-electron chi connectivity index (χ3n) is 1.63. The van der Waals surface area contributed by atoms with E-state index in [2.05, 4.69) is 31.2 Å². The fourth-order valence-corrected chi connectivity index (χ4v) is 1.77. The third-order valence-corrected chi connectivity index (χ3v) is 3.13. The van der Waals surface area contributed by atoms with E-state index >= 15 is 0 Å². The van der Waals surface area contributed by atoms with E-state index in [-0.39, 0.29) is 5.54 Å². The molecule has 0 aliphatic heterocycles. The Bertz CT molecular complexity index is 258. The summed E-state index contributed by atoms with van der Waals surface area (Å²) in [7, 11) is 0. The van der Waals surface area contributed by atoms with E-state index in [1.54, 1.807) is 0 Å². The maximum Gasteiger partial charge on any atom is 0.0192 e. The molecule has 0 radical (unpaired) electrons. The molecule has 0 fully saturated rings. The van der Waals surface area contributed by atoms with Crippen molar-refractivity contribution in [3.05, 3.63) is 29.8 Å². The van der Waals surface area contributed by atoms with Crippen molar-refractivity contribution in [1.29, 1.82) is 0 Å². The van der Waals surface area contributed by atoms with Crippen LogP contribution in [0, 0.1) is 6.92 Å². The van der Waals surface area contributed by atoms with Crippen LogP contribution in [0.15, 0.2) is 29.2 Å². The zero-order valence-electron chi connectivity index (χ0n) is 8.50. The molecule has 0 heterocycles. The molecule has 0 atom stereocenters. The first kappa shape index (κ1) is 10.6. The molecule has 2 heteroatoms. The van der Waals surface area contributed by atoms with Crippen molar-refractivity contribution in [3.63, 3.8) is 0 Å². The van der Waals surface area contributed by atoms with Gasteiger partial charge in [-0.2, -0.15) is 0 Å². The van der Waals surface area contributed by atoms with E-state index in [1.165, 1.54) is 10.5 Å². The standard InChI is InChI=1S/C11H17NS/c1-9-4-6-10(7-5-9)13-8-11(2,3)12/h4-7H,8,12H2,1-3H3. The summed E-state index contributed by atoms with van der Waals surface area (Å²) in [6, 6.07) is 8.55. The molecule has 0 saturated carbocycles. The number of aryl methyl sites for hydroxylation is 1. The monoisotopic (exact) mass is 195 g/mol. The predicted molar refractivity (Wildman–Crippen MR) is 60.2 cm³/mol. The lowest BCUT2D eigenvalue weighted by Gasteiger charge is -2.17. The minimum atomic E-state index is -0.0877. The number of benzene rings is 1. The van der Waals surface area contributed by atoms with E-state index in [1.807, 2.05) is 25.6 Å². The first-order chi connectivity index (χ1) is 5.97. The van der Waals surface area contributed by atoms with Gasteiger partial charge in [0.05, 0.1) is 0 Å². The maximum absolute atomic E-state index is 5.89. The SMILES string of the molecule is Cc1ccc(SCC(C)(C)N)cc1. The second kappa shape index (κ2) is 4.16. The second-order valence-corrected chi connectivity index (χ2v) is 5.14. The summed E-state index contributed by atoms with van der Waals surface area (Å²) in [5.41, 5.74) is 7.11. The maximum atomic E-state index is 5.89. The summed E-state index contributed by atoms with van der Waals surface area (Å²) in [6.07, 6.45) is 0. The summed E-state index contributed by atoms with van der Waals surface area (Å²) in [6.45, 7) is 6.20. The molecule has 0 amide bonds. The van der Waals surface area contributed by atoms with Crippen LogP contribution in [-0.4, -0.2) is 11.3 Å². The zero-order valence-corrected chi connectivity index (χ0v) is 9.32. The van der Waals surface area contributed by atoms with Gasteiger partial charge < -0.3 is 5.73 Å². The molecule has 72 valence electrons. The largest absolute Gasteiger partial charge is 0.325 e. The van der Waals surface area contributed by atoms with Crippen molar-refractivity contribution < 1.29 is 0 Å². The van der Waals surface area contributed by atoms with E-state index < -0.39 is 0 Å². The van der Waals surface area contributed by atoms with Gasteiger partial charge in [0.2, 0.25) is 0 Å². The molecule has 1 aromatic carbocycles. The molecular weight excluding hydrogens is 178 g/mol. The summed E-state index contributed by atoms with van der Waals surface area (Å²) in [5.74, 6) is 0.954. The Morgan fingerprint density at radius 3 is 2.23 bits per heavy atom. The number of nitrogens with two attached hydrogens (primary N) is 1. The molecule has 2 N–H and O–H groups in total.